The van der Waals surface area contributed by atoms with E-state index >= 15 is 0 Å². The van der Waals surface area contributed by atoms with Crippen molar-refractivity contribution in [2.45, 2.75) is 0 Å². The summed E-state index contributed by atoms with van der Waals surface area (Å²) in [7, 11) is 7.05. The molecule has 0 aliphatic carbocycles. The van der Waals surface area contributed by atoms with Gasteiger partial charge in [0.15, 0.2) is 0 Å². The molecule has 0 bridgehead atoms. The van der Waals surface area contributed by atoms with E-state index in [4.69, 9.17) is 12.6 Å². The van der Waals surface area contributed by atoms with Crippen molar-refractivity contribution in [1.29, 1.82) is 0 Å². The van der Waals surface area contributed by atoms with Crippen molar-refractivity contribution in [3.05, 3.63) is 12.4 Å². The Morgan fingerprint density at radius 3 is 2.75 bits per heavy atom. The van der Waals surface area contributed by atoms with E-state index in [1.54, 1.807) is 19.5 Å². The Balaban J connectivity index is 2.37. The van der Waals surface area contributed by atoms with Gasteiger partial charge in [-0.15, -0.1) is 0 Å². The summed E-state index contributed by atoms with van der Waals surface area (Å²) < 4.78 is 4.84. The summed E-state index contributed by atoms with van der Waals surface area (Å²) in [6.07, 6.45) is 3.12. The number of nitrogens with one attached hydrogen (secondary N) is 1. The second-order valence-electron chi connectivity index (χ2n) is 2.26. The Kier molecular flexibility index (Phi) is 3.54. The third-order valence-corrected chi connectivity index (χ3v) is 1.26. The average Bonchev–Trinajstić information content (AvgIpc) is 2.09. The molecule has 0 saturated heterocycles. The van der Waals surface area contributed by atoms with Crippen molar-refractivity contribution in [3.8, 4) is 0 Å². The van der Waals surface area contributed by atoms with Crippen LogP contribution in [0, 0.1) is 0 Å². The summed E-state index contributed by atoms with van der Waals surface area (Å²) in [5, 5.41) is 2.97. The highest BCUT2D eigenvalue weighted by Gasteiger charge is 1.92. The molecule has 0 aliphatic rings. The molecule has 1 heterocycles. The summed E-state index contributed by atoms with van der Waals surface area (Å²) in [4.78, 5) is 7.89. The molecule has 0 spiro atoms. The summed E-state index contributed by atoms with van der Waals surface area (Å²) in [6.45, 7) is 1.33. The number of aromatic nitrogens is 2. The van der Waals surface area contributed by atoms with Crippen LogP contribution < -0.4 is 10.8 Å². The lowest BCUT2D eigenvalue weighted by Gasteiger charge is -2.02. The summed E-state index contributed by atoms with van der Waals surface area (Å²) in [6, 6.07) is 0. The molecule has 0 unspecified atom stereocenters. The standard InChI is InChI=1S/C7H10BN3O/c1-12-3-2-9-7-10-4-6(8)5-11-7/h4-5H,2-3H2,1H3,(H,9,10,11). The van der Waals surface area contributed by atoms with Gasteiger partial charge in [0, 0.05) is 26.0 Å². The molecule has 1 aromatic rings. The van der Waals surface area contributed by atoms with Crippen LogP contribution in [0.15, 0.2) is 12.4 Å². The van der Waals surface area contributed by atoms with Gasteiger partial charge in [-0.1, -0.05) is 5.46 Å². The molecule has 0 amide bonds. The van der Waals surface area contributed by atoms with Crippen LogP contribution >= 0.6 is 0 Å². The van der Waals surface area contributed by atoms with Gasteiger partial charge < -0.3 is 10.1 Å². The van der Waals surface area contributed by atoms with Gasteiger partial charge in [-0.25, -0.2) is 9.97 Å². The maximum Gasteiger partial charge on any atom is 0.222 e. The van der Waals surface area contributed by atoms with E-state index in [2.05, 4.69) is 15.3 Å². The van der Waals surface area contributed by atoms with Gasteiger partial charge in [0.05, 0.1) is 6.61 Å². The highest BCUT2D eigenvalue weighted by atomic mass is 16.5. The Morgan fingerprint density at radius 1 is 1.50 bits per heavy atom. The molecular formula is C7H10BN3O. The summed E-state index contributed by atoms with van der Waals surface area (Å²) in [5.41, 5.74) is 0.562. The Bertz CT molecular complexity index is 227. The molecule has 1 rings (SSSR count). The number of ether oxygens (including phenoxy) is 1. The first-order valence-corrected chi connectivity index (χ1v) is 3.63. The van der Waals surface area contributed by atoms with E-state index in [0.717, 1.165) is 0 Å². The van der Waals surface area contributed by atoms with Crippen molar-refractivity contribution >= 4 is 19.3 Å². The highest BCUT2D eigenvalue weighted by Crippen LogP contribution is 1.90. The molecule has 2 radical (unpaired) electrons. The van der Waals surface area contributed by atoms with Gasteiger partial charge in [-0.2, -0.15) is 0 Å². The first kappa shape index (κ1) is 9.00. The van der Waals surface area contributed by atoms with Crippen molar-refractivity contribution in [2.24, 2.45) is 0 Å². The zero-order valence-corrected chi connectivity index (χ0v) is 6.95. The number of methoxy groups -OCH3 is 1. The number of hydrogen-bond donors (Lipinski definition) is 1. The van der Waals surface area contributed by atoms with Gasteiger partial charge >= 0.3 is 0 Å². The molecule has 4 nitrogen and oxygen atoms in total. The Hall–Kier alpha value is -1.10. The minimum absolute atomic E-state index is 0.562. The Morgan fingerprint density at radius 2 is 2.17 bits per heavy atom. The van der Waals surface area contributed by atoms with Gasteiger partial charge in [0.25, 0.3) is 0 Å². The quantitative estimate of drug-likeness (QED) is 0.472. The van der Waals surface area contributed by atoms with Crippen LogP contribution in [0.25, 0.3) is 0 Å². The van der Waals surface area contributed by atoms with Crippen LogP contribution in [0.2, 0.25) is 0 Å². The van der Waals surface area contributed by atoms with Gasteiger partial charge in [-0.3, -0.25) is 0 Å². The SMILES string of the molecule is [B]c1cnc(NCCOC)nc1. The summed E-state index contributed by atoms with van der Waals surface area (Å²) in [5.74, 6) is 0.571. The predicted octanol–water partition coefficient (Wildman–Crippen LogP) is -0.671. The van der Waals surface area contributed by atoms with Crippen LogP contribution in [0.1, 0.15) is 0 Å². The van der Waals surface area contributed by atoms with E-state index in [0.29, 0.717) is 24.6 Å². The third-order valence-electron chi connectivity index (χ3n) is 1.26. The van der Waals surface area contributed by atoms with Gasteiger partial charge in [0.2, 0.25) is 5.95 Å². The normalized spacial score (nSPS) is 9.75. The fourth-order valence-corrected chi connectivity index (χ4v) is 0.694. The minimum atomic E-state index is 0.562. The molecule has 0 atom stereocenters. The number of nitrogens with zero attached hydrogens (tertiary/aromatic N) is 2. The van der Waals surface area contributed by atoms with Crippen molar-refractivity contribution in [2.75, 3.05) is 25.6 Å². The van der Waals surface area contributed by atoms with E-state index in [1.807, 2.05) is 0 Å². The fourth-order valence-electron chi connectivity index (χ4n) is 0.694. The van der Waals surface area contributed by atoms with E-state index in [9.17, 15) is 0 Å². The minimum Gasteiger partial charge on any atom is -0.383 e. The monoisotopic (exact) mass is 163 g/mol. The van der Waals surface area contributed by atoms with Crippen molar-refractivity contribution in [3.63, 3.8) is 0 Å². The number of anilines is 1. The lowest BCUT2D eigenvalue weighted by atomic mass is 10.0. The number of rotatable bonds is 4. The molecule has 1 aromatic heterocycles. The van der Waals surface area contributed by atoms with Crippen LogP contribution in [0.4, 0.5) is 5.95 Å². The molecule has 5 heteroatoms. The molecule has 0 aromatic carbocycles. The van der Waals surface area contributed by atoms with Gasteiger partial charge in [0.1, 0.15) is 7.85 Å². The zero-order valence-electron chi connectivity index (χ0n) is 6.95. The zero-order chi connectivity index (χ0) is 8.81. The molecule has 12 heavy (non-hydrogen) atoms. The molecule has 0 aliphatic heterocycles. The first-order valence-electron chi connectivity index (χ1n) is 3.63. The van der Waals surface area contributed by atoms with E-state index in [1.165, 1.54) is 0 Å². The first-order chi connectivity index (χ1) is 5.83. The molecule has 0 saturated carbocycles. The fraction of sp³-hybridized carbons (Fsp3) is 0.429. The maximum absolute atomic E-state index is 5.40. The second-order valence-corrected chi connectivity index (χ2v) is 2.26. The predicted molar refractivity (Wildman–Crippen MR) is 47.8 cm³/mol. The molecule has 62 valence electrons. The molecule has 1 N–H and O–H groups in total. The van der Waals surface area contributed by atoms with Crippen molar-refractivity contribution in [1.82, 2.24) is 9.97 Å². The maximum atomic E-state index is 5.40. The van der Waals surface area contributed by atoms with E-state index < -0.39 is 0 Å². The average molecular weight is 163 g/mol. The largest absolute Gasteiger partial charge is 0.383 e. The van der Waals surface area contributed by atoms with Crippen LogP contribution in [-0.2, 0) is 4.74 Å². The molecule has 0 fully saturated rings. The van der Waals surface area contributed by atoms with Crippen molar-refractivity contribution < 1.29 is 4.74 Å². The lowest BCUT2D eigenvalue weighted by Crippen LogP contribution is -2.12. The molecular weight excluding hydrogens is 153 g/mol. The third kappa shape index (κ3) is 2.88. The topological polar surface area (TPSA) is 47.0 Å². The Labute approximate surface area is 72.8 Å². The van der Waals surface area contributed by atoms with Crippen LogP contribution in [0.5, 0.6) is 0 Å². The summed E-state index contributed by atoms with van der Waals surface area (Å²) >= 11 is 0. The smallest absolute Gasteiger partial charge is 0.222 e. The van der Waals surface area contributed by atoms with E-state index in [-0.39, 0.29) is 0 Å². The second kappa shape index (κ2) is 4.72. The highest BCUT2D eigenvalue weighted by molar-refractivity contribution is 6.31. The van der Waals surface area contributed by atoms with Gasteiger partial charge in [-0.05, 0) is 0 Å². The van der Waals surface area contributed by atoms with Crippen LogP contribution in [-0.4, -0.2) is 38.1 Å². The van der Waals surface area contributed by atoms with Crippen LogP contribution in [0.3, 0.4) is 0 Å². The lowest BCUT2D eigenvalue weighted by molar-refractivity contribution is 0.210. The number of hydrogen-bond acceptors (Lipinski definition) is 4.